The van der Waals surface area contributed by atoms with Crippen LogP contribution >= 0.6 is 0 Å². The third-order valence-corrected chi connectivity index (χ3v) is 9.90. The zero-order valence-corrected chi connectivity index (χ0v) is 22.5. The Balaban J connectivity index is 1.24. The van der Waals surface area contributed by atoms with Gasteiger partial charge in [0.1, 0.15) is 11.6 Å². The van der Waals surface area contributed by atoms with Crippen molar-refractivity contribution in [2.45, 2.75) is 128 Å². The standard InChI is InChI=1S/C32H45F5/c1-2-3-4-5-22-6-8-23(9-7-22)24-10-12-25(13-11-24)28-18-19-29(30(33)20-28)26-14-16-27(17-15-26)31(34)21-32(35,36)37/h18-27H,2-17H2,1H3/b31-21-. The fraction of sp³-hybridized carbons (Fsp3) is 0.750. The molecule has 0 atom stereocenters. The first-order valence-corrected chi connectivity index (χ1v) is 15.0. The zero-order valence-electron chi connectivity index (χ0n) is 22.5. The fourth-order valence-electron chi connectivity index (χ4n) is 7.64. The second kappa shape index (κ2) is 13.1. The van der Waals surface area contributed by atoms with Gasteiger partial charge in [-0.2, -0.15) is 13.2 Å². The van der Waals surface area contributed by atoms with Crippen LogP contribution in [0.5, 0.6) is 0 Å². The van der Waals surface area contributed by atoms with Crippen LogP contribution in [0.25, 0.3) is 0 Å². The van der Waals surface area contributed by atoms with E-state index in [9.17, 15) is 17.6 Å². The van der Waals surface area contributed by atoms with Gasteiger partial charge < -0.3 is 0 Å². The maximum Gasteiger partial charge on any atom is 0.412 e. The molecule has 3 fully saturated rings. The molecule has 3 saturated carbocycles. The van der Waals surface area contributed by atoms with Crippen LogP contribution < -0.4 is 0 Å². The average Bonchev–Trinajstić information content (AvgIpc) is 2.88. The van der Waals surface area contributed by atoms with Gasteiger partial charge in [0.25, 0.3) is 0 Å². The van der Waals surface area contributed by atoms with Crippen LogP contribution in [0.3, 0.4) is 0 Å². The van der Waals surface area contributed by atoms with Crippen molar-refractivity contribution >= 4 is 0 Å². The van der Waals surface area contributed by atoms with E-state index >= 15 is 4.39 Å². The van der Waals surface area contributed by atoms with Crippen LogP contribution in [0.2, 0.25) is 0 Å². The van der Waals surface area contributed by atoms with E-state index in [0.29, 0.717) is 37.2 Å². The topological polar surface area (TPSA) is 0 Å². The Labute approximate surface area is 220 Å². The SMILES string of the molecule is CCCCCC1CCC(C2CCC(c3ccc(C4CCC(/C(F)=C/C(F)(F)F)CC4)c(F)c3)CC2)CC1. The number of benzene rings is 1. The Hall–Kier alpha value is -1.39. The minimum atomic E-state index is -4.63. The van der Waals surface area contributed by atoms with Crippen molar-refractivity contribution in [2.24, 2.45) is 23.7 Å². The molecule has 0 spiro atoms. The Morgan fingerprint density at radius 3 is 1.97 bits per heavy atom. The summed E-state index contributed by atoms with van der Waals surface area (Å²) in [5, 5.41) is 0. The molecular formula is C32H45F5. The first kappa shape index (κ1) is 28.6. The van der Waals surface area contributed by atoms with E-state index in [1.807, 2.05) is 6.07 Å². The lowest BCUT2D eigenvalue weighted by Crippen LogP contribution is -2.25. The van der Waals surface area contributed by atoms with Gasteiger partial charge in [0.2, 0.25) is 0 Å². The highest BCUT2D eigenvalue weighted by Crippen LogP contribution is 2.46. The summed E-state index contributed by atoms with van der Waals surface area (Å²) in [6.45, 7) is 2.27. The molecule has 3 aliphatic rings. The van der Waals surface area contributed by atoms with Gasteiger partial charge in [0.15, 0.2) is 0 Å². The highest BCUT2D eigenvalue weighted by Gasteiger charge is 2.33. The molecule has 1 aromatic rings. The second-order valence-electron chi connectivity index (χ2n) is 12.3. The monoisotopic (exact) mass is 524 g/mol. The number of unbranched alkanes of at least 4 members (excludes halogenated alkanes) is 2. The summed E-state index contributed by atoms with van der Waals surface area (Å²) in [6, 6.07) is 5.67. The number of alkyl halides is 3. The summed E-state index contributed by atoms with van der Waals surface area (Å²) in [5.41, 5.74) is 1.74. The average molecular weight is 525 g/mol. The molecule has 208 valence electrons. The lowest BCUT2D eigenvalue weighted by Gasteiger charge is -2.38. The Morgan fingerprint density at radius 1 is 0.811 bits per heavy atom. The van der Waals surface area contributed by atoms with Gasteiger partial charge in [0, 0.05) is 5.92 Å². The van der Waals surface area contributed by atoms with E-state index in [1.54, 1.807) is 6.07 Å². The lowest BCUT2D eigenvalue weighted by molar-refractivity contribution is -0.0820. The van der Waals surface area contributed by atoms with Crippen molar-refractivity contribution < 1.29 is 22.0 Å². The molecule has 0 unspecified atom stereocenters. The second-order valence-corrected chi connectivity index (χ2v) is 12.3. The Bertz CT molecular complexity index is 864. The molecule has 0 nitrogen and oxygen atoms in total. The predicted molar refractivity (Wildman–Crippen MR) is 141 cm³/mol. The number of hydrogen-bond acceptors (Lipinski definition) is 0. The van der Waals surface area contributed by atoms with Crippen LogP contribution in [0.4, 0.5) is 22.0 Å². The molecule has 37 heavy (non-hydrogen) atoms. The largest absolute Gasteiger partial charge is 0.412 e. The number of hydrogen-bond donors (Lipinski definition) is 0. The molecule has 0 heterocycles. The molecule has 4 rings (SSSR count). The predicted octanol–water partition coefficient (Wildman–Crippen LogP) is 11.2. The molecule has 0 saturated heterocycles. The quantitative estimate of drug-likeness (QED) is 0.234. The molecule has 5 heteroatoms. The smallest absolute Gasteiger partial charge is 0.212 e. The van der Waals surface area contributed by atoms with Gasteiger partial charge in [-0.1, -0.05) is 57.6 Å². The molecule has 0 radical (unpaired) electrons. The van der Waals surface area contributed by atoms with E-state index in [0.717, 1.165) is 36.2 Å². The van der Waals surface area contributed by atoms with Gasteiger partial charge in [-0.05, 0) is 111 Å². The maximum atomic E-state index is 15.1. The van der Waals surface area contributed by atoms with Crippen molar-refractivity contribution in [1.82, 2.24) is 0 Å². The first-order valence-electron chi connectivity index (χ1n) is 15.0. The van der Waals surface area contributed by atoms with Crippen molar-refractivity contribution in [3.63, 3.8) is 0 Å². The molecule has 0 amide bonds. The first-order chi connectivity index (χ1) is 17.7. The van der Waals surface area contributed by atoms with Crippen LogP contribution in [0.1, 0.15) is 133 Å². The van der Waals surface area contributed by atoms with Crippen molar-refractivity contribution in [1.29, 1.82) is 0 Å². The molecule has 0 aromatic heterocycles. The third-order valence-electron chi connectivity index (χ3n) is 9.90. The van der Waals surface area contributed by atoms with Gasteiger partial charge >= 0.3 is 6.18 Å². The molecule has 0 bridgehead atoms. The van der Waals surface area contributed by atoms with Crippen LogP contribution in [-0.4, -0.2) is 6.18 Å². The number of rotatable bonds is 8. The summed E-state index contributed by atoms with van der Waals surface area (Å²) < 4.78 is 66.5. The number of allylic oxidation sites excluding steroid dienone is 2. The fourth-order valence-corrected chi connectivity index (χ4v) is 7.64. The summed E-state index contributed by atoms with van der Waals surface area (Å²) in [4.78, 5) is 0. The summed E-state index contributed by atoms with van der Waals surface area (Å²) >= 11 is 0. The molecule has 3 aliphatic carbocycles. The molecule has 0 N–H and O–H groups in total. The summed E-state index contributed by atoms with van der Waals surface area (Å²) in [6.07, 6.45) is 12.7. The van der Waals surface area contributed by atoms with Gasteiger partial charge in [0.05, 0.1) is 6.08 Å². The van der Waals surface area contributed by atoms with E-state index < -0.39 is 17.9 Å². The zero-order chi connectivity index (χ0) is 26.4. The van der Waals surface area contributed by atoms with Crippen LogP contribution in [0.15, 0.2) is 30.1 Å². The molecule has 0 aliphatic heterocycles. The normalized spacial score (nSPS) is 31.9. The van der Waals surface area contributed by atoms with Crippen LogP contribution in [-0.2, 0) is 0 Å². The summed E-state index contributed by atoms with van der Waals surface area (Å²) in [7, 11) is 0. The van der Waals surface area contributed by atoms with E-state index in [-0.39, 0.29) is 17.8 Å². The van der Waals surface area contributed by atoms with Crippen LogP contribution in [0, 0.1) is 29.5 Å². The van der Waals surface area contributed by atoms with Crippen molar-refractivity contribution in [2.75, 3.05) is 0 Å². The van der Waals surface area contributed by atoms with E-state index in [1.165, 1.54) is 64.2 Å². The highest BCUT2D eigenvalue weighted by molar-refractivity contribution is 5.30. The minimum absolute atomic E-state index is 0.0446. The van der Waals surface area contributed by atoms with Crippen molar-refractivity contribution in [3.8, 4) is 0 Å². The number of halogens is 5. The van der Waals surface area contributed by atoms with E-state index in [2.05, 4.69) is 13.0 Å². The van der Waals surface area contributed by atoms with E-state index in [4.69, 9.17) is 0 Å². The van der Waals surface area contributed by atoms with Gasteiger partial charge in [-0.3, -0.25) is 0 Å². The summed E-state index contributed by atoms with van der Waals surface area (Å²) in [5.74, 6) is 1.05. The van der Waals surface area contributed by atoms with Gasteiger partial charge in [-0.15, -0.1) is 0 Å². The van der Waals surface area contributed by atoms with Crippen molar-refractivity contribution in [3.05, 3.63) is 47.0 Å². The lowest BCUT2D eigenvalue weighted by atomic mass is 9.68. The highest BCUT2D eigenvalue weighted by atomic mass is 19.4. The van der Waals surface area contributed by atoms with Gasteiger partial charge in [-0.25, -0.2) is 8.78 Å². The molecular weight excluding hydrogens is 479 g/mol. The third kappa shape index (κ3) is 8.05. The Morgan fingerprint density at radius 2 is 1.41 bits per heavy atom. The maximum absolute atomic E-state index is 15.1. The minimum Gasteiger partial charge on any atom is -0.212 e. The Kier molecular flexibility index (Phi) is 10.1. The molecule has 1 aromatic carbocycles.